The SMILES string of the molecule is C.C.Cc1ccc2c(ccc3oc4cc(-c5ccccc5C)[n+](C)cc4c32)c1.Cc1ccccc1-c1cc2c(c[n+]1C)oc1ccc3ccccc3c12.Cc1ccccc1-c1cc2c(c[n+]1C)oc1ncc3ccccc3c12.[2H]C([2H])([2H])c1ccc(-c2cc3oc4ccc5cc(C)ccc5c4c3c[n+]2C)c(C)c1. The topological polar surface area (TPSA) is 81.0 Å². The zero-order valence-electron chi connectivity index (χ0n) is 62.3. The quantitative estimate of drug-likeness (QED) is 0.164. The Morgan fingerprint density at radius 1 is 0.276 bits per heavy atom. The lowest BCUT2D eigenvalue weighted by molar-refractivity contribution is -0.659. The summed E-state index contributed by atoms with van der Waals surface area (Å²) in [5.41, 5.74) is 23.8. The summed E-state index contributed by atoms with van der Waals surface area (Å²) in [4.78, 5) is 4.52. The van der Waals surface area contributed by atoms with Crippen LogP contribution in [0.5, 0.6) is 0 Å². The number of aryl methyl sites for hydroxylation is 11. The van der Waals surface area contributed by atoms with Crippen LogP contribution in [0.2, 0.25) is 0 Å². The molecule has 0 amide bonds. The molecule has 0 saturated carbocycles. The highest BCUT2D eigenvalue weighted by Crippen LogP contribution is 2.41. The van der Waals surface area contributed by atoms with Crippen molar-refractivity contribution in [3.8, 4) is 45.0 Å². The Bertz CT molecular complexity index is 6770. The molecule has 20 aromatic rings. The van der Waals surface area contributed by atoms with Gasteiger partial charge in [0.25, 0.3) is 0 Å². The van der Waals surface area contributed by atoms with Crippen LogP contribution in [0, 0.1) is 48.4 Å². The molecule has 11 aromatic carbocycles. The van der Waals surface area contributed by atoms with Gasteiger partial charge in [0.1, 0.15) is 56.1 Å². The number of benzene rings is 11. The van der Waals surface area contributed by atoms with E-state index in [2.05, 4.69) is 298 Å². The summed E-state index contributed by atoms with van der Waals surface area (Å²) < 4.78 is 56.1. The van der Waals surface area contributed by atoms with Gasteiger partial charge in [-0.25, -0.2) is 14.1 Å². The van der Waals surface area contributed by atoms with E-state index >= 15 is 0 Å². The minimum Gasteiger partial charge on any atom is -0.456 e. The van der Waals surface area contributed by atoms with Gasteiger partial charge in [0.2, 0.25) is 46.5 Å². The third-order valence-corrected chi connectivity index (χ3v) is 20.6. The predicted molar refractivity (Wildman–Crippen MR) is 436 cm³/mol. The first kappa shape index (κ1) is 64.5. The summed E-state index contributed by atoms with van der Waals surface area (Å²) in [6, 6.07) is 81.9. The highest BCUT2D eigenvalue weighted by Gasteiger charge is 2.25. The van der Waals surface area contributed by atoms with Crippen molar-refractivity contribution in [3.63, 3.8) is 0 Å². The van der Waals surface area contributed by atoms with Gasteiger partial charge >= 0.3 is 0 Å². The first-order valence-corrected chi connectivity index (χ1v) is 34.9. The average molecular weight is 1380 g/mol. The minimum atomic E-state index is -2.10. The Morgan fingerprint density at radius 3 is 1.15 bits per heavy atom. The Labute approximate surface area is 615 Å². The van der Waals surface area contributed by atoms with Crippen molar-refractivity contribution in [2.24, 2.45) is 28.2 Å². The van der Waals surface area contributed by atoms with Crippen LogP contribution in [0.3, 0.4) is 0 Å². The largest absolute Gasteiger partial charge is 0.456 e. The van der Waals surface area contributed by atoms with E-state index in [0.717, 1.165) is 93.9 Å². The molecule has 0 N–H and O–H groups in total. The molecule has 9 nitrogen and oxygen atoms in total. The Morgan fingerprint density at radius 2 is 0.657 bits per heavy atom. The number of fused-ring (bicyclic) bond motifs is 20. The third-order valence-electron chi connectivity index (χ3n) is 20.6. The van der Waals surface area contributed by atoms with Gasteiger partial charge in [-0.15, -0.1) is 0 Å². The standard InChI is InChI=1S/C25H22NO.C24H20NO.C23H18NO.C22H17N2O.2CH4/c1-15-5-8-19(17(3)11-15)22-13-24-21(14-26(22)4)25-20-9-6-16(2)12-18(20)7-10-23(25)27-24;1-15-8-10-19-17(12-15)9-11-22-24(19)20-14-25(3)21(13-23(20)26-22)18-7-5-4-6-16(18)2;1-15-7-3-5-9-17(15)20-13-19-22(14-24(20)2)25-21-12-11-16-8-4-6-10-18(16)23(19)21;1-14-7-3-5-9-16(14)19-11-18-20(13-24(19)2)25-22-21(18)17-10-6-4-8-15(17)12-23-22;;/h5-14H,1-4H3;4-14H,1-3H3;3-14H,1-2H3;3-13H,1-2H3;2*1H4/q4*+1;;/i1D3;;;;;. The molecule has 0 aliphatic rings. The number of hydrogen-bond acceptors (Lipinski definition) is 5. The highest BCUT2D eigenvalue weighted by molar-refractivity contribution is 6.22. The zero-order chi connectivity index (χ0) is 73.0. The lowest BCUT2D eigenvalue weighted by Crippen LogP contribution is -2.30. The van der Waals surface area contributed by atoms with E-state index in [9.17, 15) is 0 Å². The molecular weight excluding hydrogens is 1290 g/mol. The van der Waals surface area contributed by atoms with E-state index in [0.29, 0.717) is 11.3 Å². The van der Waals surface area contributed by atoms with E-state index in [1.807, 2.05) is 50.6 Å². The van der Waals surface area contributed by atoms with Crippen LogP contribution in [0.15, 0.2) is 285 Å². The molecule has 20 rings (SSSR count). The second-order valence-electron chi connectivity index (χ2n) is 27.6. The van der Waals surface area contributed by atoms with Crippen LogP contribution in [-0.4, -0.2) is 4.98 Å². The number of nitrogens with zero attached hydrogens (tertiary/aromatic N) is 5. The maximum Gasteiger partial charge on any atom is 0.228 e. The zero-order valence-corrected chi connectivity index (χ0v) is 59.3. The summed E-state index contributed by atoms with van der Waals surface area (Å²) in [5.74, 6) is 0. The molecule has 514 valence electrons. The van der Waals surface area contributed by atoms with Gasteiger partial charge in [0, 0.05) is 77.0 Å². The van der Waals surface area contributed by atoms with Crippen LogP contribution in [-0.2, 0) is 28.2 Å². The average Bonchev–Trinajstić information content (AvgIpc) is 1.61. The van der Waals surface area contributed by atoms with Crippen LogP contribution in [0.4, 0.5) is 0 Å². The molecule has 105 heavy (non-hydrogen) atoms. The minimum absolute atomic E-state index is 0. The molecule has 0 unspecified atom stereocenters. The van der Waals surface area contributed by atoms with E-state index in [4.69, 9.17) is 21.8 Å². The molecule has 9 heterocycles. The number of aromatic nitrogens is 5. The highest BCUT2D eigenvalue weighted by atomic mass is 16.3. The summed E-state index contributed by atoms with van der Waals surface area (Å²) in [6.45, 7) is 10.5. The van der Waals surface area contributed by atoms with Gasteiger partial charge in [-0.05, 0) is 151 Å². The number of furan rings is 4. The lowest BCUT2D eigenvalue weighted by Gasteiger charge is -2.05. The molecule has 0 fully saturated rings. The van der Waals surface area contributed by atoms with Gasteiger partial charge in [-0.3, -0.25) is 0 Å². The molecule has 0 aliphatic carbocycles. The van der Waals surface area contributed by atoms with Gasteiger partial charge < -0.3 is 17.7 Å². The van der Waals surface area contributed by atoms with Gasteiger partial charge in [-0.2, -0.15) is 9.13 Å². The van der Waals surface area contributed by atoms with E-state index in [1.54, 1.807) is 12.1 Å². The first-order chi connectivity index (χ1) is 51.3. The Balaban J connectivity index is 0.000000114. The van der Waals surface area contributed by atoms with Crippen LogP contribution >= 0.6 is 0 Å². The van der Waals surface area contributed by atoms with Crippen molar-refractivity contribution < 1.29 is 40.0 Å². The van der Waals surface area contributed by atoms with Crippen LogP contribution in [0.1, 0.15) is 57.9 Å². The lowest BCUT2D eigenvalue weighted by atomic mass is 10.0. The molecule has 0 atom stereocenters. The molecule has 0 spiro atoms. The fourth-order valence-corrected chi connectivity index (χ4v) is 15.4. The number of hydrogen-bond donors (Lipinski definition) is 0. The van der Waals surface area contributed by atoms with Gasteiger partial charge in [0.15, 0.2) is 18.0 Å². The first-order valence-electron chi connectivity index (χ1n) is 36.4. The molecular formula is C96H85N5O4+4. The van der Waals surface area contributed by atoms with E-state index < -0.39 is 6.85 Å². The van der Waals surface area contributed by atoms with Crippen LogP contribution < -0.4 is 18.3 Å². The summed E-state index contributed by atoms with van der Waals surface area (Å²) in [6.07, 6.45) is 10.3. The molecule has 0 radical (unpaired) electrons. The smallest absolute Gasteiger partial charge is 0.228 e. The molecule has 9 heteroatoms. The second-order valence-corrected chi connectivity index (χ2v) is 27.6. The molecule has 0 aliphatic heterocycles. The Hall–Kier alpha value is -12.6. The number of pyridine rings is 5. The van der Waals surface area contributed by atoms with Crippen molar-refractivity contribution in [3.05, 3.63) is 307 Å². The molecule has 9 aromatic heterocycles. The third kappa shape index (κ3) is 12.1. The molecule has 0 saturated heterocycles. The van der Waals surface area contributed by atoms with Crippen LogP contribution in [0.25, 0.3) is 176 Å². The normalized spacial score (nSPS) is 12.0. The second kappa shape index (κ2) is 27.3. The van der Waals surface area contributed by atoms with Crippen molar-refractivity contribution in [2.45, 2.75) is 63.2 Å². The predicted octanol–water partition coefficient (Wildman–Crippen LogP) is 23.7. The van der Waals surface area contributed by atoms with Crippen molar-refractivity contribution >= 4 is 131 Å². The summed E-state index contributed by atoms with van der Waals surface area (Å²) in [7, 11) is 8.25. The summed E-state index contributed by atoms with van der Waals surface area (Å²) >= 11 is 0. The van der Waals surface area contributed by atoms with Crippen molar-refractivity contribution in [1.82, 2.24) is 4.98 Å². The van der Waals surface area contributed by atoms with Gasteiger partial charge in [-0.1, -0.05) is 201 Å². The van der Waals surface area contributed by atoms with Gasteiger partial charge in [0.05, 0.1) is 28.3 Å². The maximum absolute atomic E-state index is 7.65. The number of rotatable bonds is 4. The van der Waals surface area contributed by atoms with E-state index in [-0.39, 0.29) is 14.9 Å². The fraction of sp³-hybridized carbons (Fsp3) is 0.135. The fourth-order valence-electron chi connectivity index (χ4n) is 15.4. The van der Waals surface area contributed by atoms with E-state index in [1.165, 1.54) is 110 Å². The monoisotopic (exact) mass is 1370 g/mol. The van der Waals surface area contributed by atoms with Crippen molar-refractivity contribution in [1.29, 1.82) is 0 Å². The Kier molecular flexibility index (Phi) is 16.8. The summed E-state index contributed by atoms with van der Waals surface area (Å²) in [5, 5.41) is 18.8. The molecule has 0 bridgehead atoms. The maximum atomic E-state index is 7.65. The van der Waals surface area contributed by atoms with Crippen molar-refractivity contribution in [2.75, 3.05) is 0 Å².